The number of halogens is 3. The van der Waals surface area contributed by atoms with Crippen LogP contribution in [-0.4, -0.2) is 105 Å². The van der Waals surface area contributed by atoms with Gasteiger partial charge in [0.05, 0.1) is 35.6 Å². The molecule has 4 aliphatic rings. The van der Waals surface area contributed by atoms with E-state index in [4.69, 9.17) is 13.8 Å². The van der Waals surface area contributed by atoms with Gasteiger partial charge in [-0.3, -0.25) is 14.6 Å². The molecule has 0 radical (unpaired) electrons. The molecule has 1 amide bonds. The zero-order valence-electron chi connectivity index (χ0n) is 45.0. The van der Waals surface area contributed by atoms with Crippen molar-refractivity contribution in [3.05, 3.63) is 130 Å². The second-order valence-corrected chi connectivity index (χ2v) is 23.7. The number of carbonyl (C=O) groups is 1. The van der Waals surface area contributed by atoms with E-state index < -0.39 is 40.0 Å². The van der Waals surface area contributed by atoms with Gasteiger partial charge in [0.15, 0.2) is 28.9 Å². The van der Waals surface area contributed by atoms with Crippen molar-refractivity contribution in [2.45, 2.75) is 120 Å². The molecule has 3 aromatic heterocycles. The second-order valence-electron chi connectivity index (χ2n) is 22.6. The molecule has 3 aromatic carbocycles. The van der Waals surface area contributed by atoms with Gasteiger partial charge < -0.3 is 40.1 Å². The molecule has 78 heavy (non-hydrogen) atoms. The number of quaternary nitrogens is 1. The lowest BCUT2D eigenvalue weighted by Gasteiger charge is -2.59. The zero-order chi connectivity index (χ0) is 55.0. The number of aromatic nitrogens is 3. The molecule has 0 bridgehead atoms. The molecule has 416 valence electrons. The number of anilines is 2. The van der Waals surface area contributed by atoms with Gasteiger partial charge in [-0.1, -0.05) is 44.2 Å². The molecule has 4 atom stereocenters. The number of piperidine rings is 1. The molecule has 20 heteroatoms. The minimum atomic E-state index is -2.29. The highest BCUT2D eigenvalue weighted by molar-refractivity contribution is 7.80. The van der Waals surface area contributed by atoms with Crippen molar-refractivity contribution in [1.82, 2.24) is 30.2 Å². The minimum absolute atomic E-state index is 0.0156. The second kappa shape index (κ2) is 22.9. The highest BCUT2D eigenvalue weighted by Crippen LogP contribution is 2.54. The molecule has 1 spiro atoms. The third-order valence-corrected chi connectivity index (χ3v) is 17.6. The van der Waals surface area contributed by atoms with Gasteiger partial charge in [0, 0.05) is 93.7 Å². The van der Waals surface area contributed by atoms with Crippen molar-refractivity contribution in [2.24, 2.45) is 11.3 Å². The lowest BCUT2D eigenvalue weighted by Crippen LogP contribution is -2.98. The third kappa shape index (κ3) is 11.9. The highest BCUT2D eigenvalue weighted by Gasteiger charge is 2.51. The number of hydrogen-bond donors (Lipinski definition) is 5. The summed E-state index contributed by atoms with van der Waals surface area (Å²) >= 11 is -2.29. The van der Waals surface area contributed by atoms with Gasteiger partial charge in [0.25, 0.3) is 11.8 Å². The van der Waals surface area contributed by atoms with Crippen molar-refractivity contribution in [1.29, 1.82) is 0 Å². The first kappa shape index (κ1) is 55.2. The van der Waals surface area contributed by atoms with Gasteiger partial charge in [-0.25, -0.2) is 27.8 Å². The van der Waals surface area contributed by atoms with Gasteiger partial charge in [-0.2, -0.15) is 9.27 Å². The lowest BCUT2D eigenvalue weighted by atomic mass is 9.59. The number of nitrogens with zero attached hydrogens (tertiary/aromatic N) is 5. The lowest BCUT2D eigenvalue weighted by molar-refractivity contribution is -0.751. The Morgan fingerprint density at radius 1 is 0.974 bits per heavy atom. The van der Waals surface area contributed by atoms with E-state index in [-0.39, 0.29) is 67.1 Å². The summed E-state index contributed by atoms with van der Waals surface area (Å²) in [6, 6.07) is 21.6. The molecule has 2 aliphatic heterocycles. The SMILES string of the molecule is COc1nc2[nH]cc(F)c2cc1Oc1cc(N2CCC3(CC2)CC(N2CC(C)N(Cc4ccc(F)c(F)c4)CC2c2ccccc2C(C)C)C3)ccc1C(=O)NOS(=O)c1cnc(NC[C@H]2CC[C@](C)(O)CC2)c([NH+](C)[O-])c1. The topological polar surface area (TPSA) is 185 Å². The van der Waals surface area contributed by atoms with Crippen LogP contribution < -0.4 is 30.2 Å². The highest BCUT2D eigenvalue weighted by atomic mass is 32.2. The van der Waals surface area contributed by atoms with Crippen LogP contribution in [0.4, 0.5) is 30.4 Å². The fourth-order valence-corrected chi connectivity index (χ4v) is 12.8. The molecule has 10 rings (SSSR count). The van der Waals surface area contributed by atoms with Gasteiger partial charge in [-0.05, 0) is 123 Å². The predicted octanol–water partition coefficient (Wildman–Crippen LogP) is 9.38. The molecule has 16 nitrogen and oxygen atoms in total. The van der Waals surface area contributed by atoms with Gasteiger partial charge in [0.1, 0.15) is 17.2 Å². The van der Waals surface area contributed by atoms with Crippen LogP contribution in [0.2, 0.25) is 0 Å². The quantitative estimate of drug-likeness (QED) is 0.0545. The smallest absolute Gasteiger partial charge is 0.279 e. The average molecular weight is 1090 g/mol. The summed E-state index contributed by atoms with van der Waals surface area (Å²) < 4.78 is 74.2. The number of hydroxylamine groups is 2. The summed E-state index contributed by atoms with van der Waals surface area (Å²) in [6.45, 7) is 12.7. The molecule has 5 N–H and O–H groups in total. The average Bonchev–Trinajstić information content (AvgIpc) is 3.95. The summed E-state index contributed by atoms with van der Waals surface area (Å²) in [5.41, 5.74) is 6.42. The number of ether oxygens (including phenoxy) is 2. The Bertz CT molecular complexity index is 3150. The van der Waals surface area contributed by atoms with Gasteiger partial charge >= 0.3 is 0 Å². The standard InChI is InChI=1S/C58H70F3N9O7S/c1-35(2)42-9-7-8-10-43(42)50-34-69(33-38-11-14-46(59)47(60)23-38)36(3)32-70(50)40-27-58(28-40)19-21-68(22-20-58)39-12-13-44(51(24-39)76-52-26-45-48(61)31-64-53(45)65-56(52)75-6)55(71)66-77-78(74)41-25-49(67(5)73)54(63-30-41)62-29-37-15-17-57(4,72)18-16-37/h7-14,23-26,30-31,35-37,40,50,67,72H,15-22,27-29,32-34H2,1-6H3,(H,62,63)(H,64,65)(H,66,71)/t36?,37-,50?,57-,78?. The summed E-state index contributed by atoms with van der Waals surface area (Å²) in [6.07, 6.45) is 9.54. The predicted molar refractivity (Wildman–Crippen MR) is 292 cm³/mol. The number of hydrogen-bond acceptors (Lipinski definition) is 13. The molecular weight excluding hydrogens is 1020 g/mol. The molecule has 5 heterocycles. The summed E-state index contributed by atoms with van der Waals surface area (Å²) in [5.74, 6) is -1.87. The van der Waals surface area contributed by atoms with E-state index in [2.05, 4.69) is 85.5 Å². The number of amides is 1. The van der Waals surface area contributed by atoms with E-state index in [0.29, 0.717) is 49.6 Å². The molecule has 4 unspecified atom stereocenters. The van der Waals surface area contributed by atoms with Crippen LogP contribution in [0, 0.1) is 34.0 Å². The molecular formula is C58H70F3N9O7S. The first-order valence-corrected chi connectivity index (χ1v) is 28.1. The monoisotopic (exact) mass is 1090 g/mol. The Kier molecular flexibility index (Phi) is 16.2. The Morgan fingerprint density at radius 3 is 2.45 bits per heavy atom. The normalized spacial score (nSPS) is 22.8. The van der Waals surface area contributed by atoms with Crippen LogP contribution in [0.1, 0.15) is 118 Å². The number of aliphatic hydroxyl groups is 1. The first-order valence-electron chi connectivity index (χ1n) is 27.0. The minimum Gasteiger partial charge on any atom is -0.629 e. The number of pyridine rings is 2. The number of rotatable bonds is 17. The van der Waals surface area contributed by atoms with Crippen LogP contribution in [0.25, 0.3) is 11.0 Å². The molecule has 6 aromatic rings. The Morgan fingerprint density at radius 2 is 1.73 bits per heavy atom. The fourth-order valence-electron chi connectivity index (χ4n) is 12.2. The summed E-state index contributed by atoms with van der Waals surface area (Å²) in [5, 5.41) is 26.2. The summed E-state index contributed by atoms with van der Waals surface area (Å²) in [4.78, 5) is 33.1. The van der Waals surface area contributed by atoms with E-state index in [9.17, 15) is 32.5 Å². The number of H-pyrrole nitrogens is 1. The van der Waals surface area contributed by atoms with Crippen LogP contribution >= 0.6 is 0 Å². The number of benzene rings is 3. The number of methoxy groups -OCH3 is 1. The van der Waals surface area contributed by atoms with Crippen molar-refractivity contribution in [3.63, 3.8) is 0 Å². The Hall–Kier alpha value is -6.13. The van der Waals surface area contributed by atoms with E-state index in [1.807, 2.05) is 13.0 Å². The maximum absolute atomic E-state index is 14.9. The first-order chi connectivity index (χ1) is 37.4. The van der Waals surface area contributed by atoms with Crippen LogP contribution in [-0.2, 0) is 21.9 Å². The van der Waals surface area contributed by atoms with E-state index in [0.717, 1.165) is 76.0 Å². The van der Waals surface area contributed by atoms with Crippen LogP contribution in [0.15, 0.2) is 90.1 Å². The van der Waals surface area contributed by atoms with Crippen molar-refractivity contribution in [3.8, 4) is 17.4 Å². The van der Waals surface area contributed by atoms with E-state index >= 15 is 0 Å². The number of carbonyl (C=O) groups excluding carboxylic acids is 1. The van der Waals surface area contributed by atoms with Crippen molar-refractivity contribution >= 4 is 45.2 Å². The molecule has 4 fully saturated rings. The maximum atomic E-state index is 14.9. The van der Waals surface area contributed by atoms with E-state index in [1.54, 1.807) is 18.2 Å². The van der Waals surface area contributed by atoms with Gasteiger partial charge in [0.2, 0.25) is 11.1 Å². The van der Waals surface area contributed by atoms with Crippen LogP contribution in [0.5, 0.6) is 17.4 Å². The number of piperazine rings is 1. The number of aromatic amines is 1. The largest absolute Gasteiger partial charge is 0.629 e. The number of nitrogens with one attached hydrogen (secondary N) is 4. The maximum Gasteiger partial charge on any atom is 0.279 e. The van der Waals surface area contributed by atoms with Gasteiger partial charge in [-0.15, -0.1) is 0 Å². The van der Waals surface area contributed by atoms with Crippen molar-refractivity contribution in [2.75, 3.05) is 57.1 Å². The molecule has 2 aliphatic carbocycles. The number of fused-ring (bicyclic) bond motifs is 1. The fraction of sp³-hybridized carbons (Fsp3) is 0.466. The Balaban J connectivity index is 0.834. The molecule has 2 saturated heterocycles. The third-order valence-electron chi connectivity index (χ3n) is 16.8. The Labute approximate surface area is 455 Å². The van der Waals surface area contributed by atoms with Crippen LogP contribution in [0.3, 0.4) is 0 Å². The van der Waals surface area contributed by atoms with E-state index in [1.165, 1.54) is 61.9 Å². The summed E-state index contributed by atoms with van der Waals surface area (Å²) in [7, 11) is 2.79. The van der Waals surface area contributed by atoms with Crippen molar-refractivity contribution < 1.29 is 46.1 Å². The molecule has 2 saturated carbocycles. The zero-order valence-corrected chi connectivity index (χ0v) is 45.9.